The average Bonchev–Trinajstić information content (AvgIpc) is 2.95. The molecule has 2 amide bonds. The van der Waals surface area contributed by atoms with E-state index >= 15 is 0 Å². The largest absolute Gasteiger partial charge is 0.493 e. The van der Waals surface area contributed by atoms with Gasteiger partial charge in [0, 0.05) is 25.1 Å². The summed E-state index contributed by atoms with van der Waals surface area (Å²) in [5.41, 5.74) is 2.10. The van der Waals surface area contributed by atoms with Crippen molar-refractivity contribution in [1.82, 2.24) is 10.6 Å². The Morgan fingerprint density at radius 1 is 1.45 bits per heavy atom. The molecule has 0 fully saturated rings. The number of carbonyl (C=O) groups is 1. The molecular formula is C17H26N2O3. The number of carbonyl (C=O) groups excluding carboxylic acids is 1. The van der Waals surface area contributed by atoms with Crippen molar-refractivity contribution in [3.63, 3.8) is 0 Å². The summed E-state index contributed by atoms with van der Waals surface area (Å²) in [6, 6.07) is 6.03. The average molecular weight is 306 g/mol. The highest BCUT2D eigenvalue weighted by molar-refractivity contribution is 5.74. The first-order valence-corrected chi connectivity index (χ1v) is 7.98. The van der Waals surface area contributed by atoms with E-state index in [0.717, 1.165) is 31.6 Å². The van der Waals surface area contributed by atoms with Crippen LogP contribution in [0.2, 0.25) is 0 Å². The van der Waals surface area contributed by atoms with Crippen molar-refractivity contribution in [2.45, 2.75) is 45.1 Å². The van der Waals surface area contributed by atoms with Crippen LogP contribution in [0.4, 0.5) is 4.79 Å². The molecule has 0 bridgehead atoms. The zero-order valence-corrected chi connectivity index (χ0v) is 13.4. The minimum atomic E-state index is -0.357. The van der Waals surface area contributed by atoms with E-state index in [1.807, 2.05) is 26.0 Å². The third-order valence-corrected chi connectivity index (χ3v) is 4.31. The molecule has 5 nitrogen and oxygen atoms in total. The lowest BCUT2D eigenvalue weighted by Crippen LogP contribution is -2.50. The molecule has 1 aliphatic rings. The summed E-state index contributed by atoms with van der Waals surface area (Å²) in [6.07, 6.45) is 3.10. The molecule has 1 unspecified atom stereocenters. The molecule has 0 saturated carbocycles. The van der Waals surface area contributed by atoms with Gasteiger partial charge in [0.15, 0.2) is 0 Å². The van der Waals surface area contributed by atoms with Crippen LogP contribution in [-0.2, 0) is 12.8 Å². The van der Waals surface area contributed by atoms with E-state index in [-0.39, 0.29) is 18.2 Å². The van der Waals surface area contributed by atoms with Crippen molar-refractivity contribution in [2.75, 3.05) is 19.8 Å². The van der Waals surface area contributed by atoms with Crippen LogP contribution in [0.1, 0.15) is 37.8 Å². The van der Waals surface area contributed by atoms with Crippen molar-refractivity contribution < 1.29 is 14.6 Å². The first-order valence-electron chi connectivity index (χ1n) is 7.98. The van der Waals surface area contributed by atoms with E-state index in [9.17, 15) is 4.79 Å². The first-order chi connectivity index (χ1) is 10.6. The summed E-state index contributed by atoms with van der Waals surface area (Å²) in [5, 5.41) is 14.9. The molecule has 0 radical (unpaired) electrons. The predicted molar refractivity (Wildman–Crippen MR) is 86.3 cm³/mol. The lowest BCUT2D eigenvalue weighted by Gasteiger charge is -2.29. The maximum atomic E-state index is 11.9. The zero-order chi connectivity index (χ0) is 16.0. The Balaban J connectivity index is 1.77. The molecule has 2 rings (SSSR count). The summed E-state index contributed by atoms with van der Waals surface area (Å²) in [5.74, 6) is 0.983. The molecular weight excluding hydrogens is 280 g/mol. The number of nitrogens with one attached hydrogen (secondary N) is 2. The number of benzene rings is 1. The Bertz CT molecular complexity index is 519. The summed E-state index contributed by atoms with van der Waals surface area (Å²) in [6.45, 7) is 5.37. The van der Waals surface area contributed by atoms with E-state index in [0.29, 0.717) is 13.0 Å². The van der Waals surface area contributed by atoms with Gasteiger partial charge in [-0.2, -0.15) is 0 Å². The highest BCUT2D eigenvalue weighted by Crippen LogP contribution is 2.25. The first kappa shape index (κ1) is 16.6. The van der Waals surface area contributed by atoms with E-state index in [1.54, 1.807) is 0 Å². The van der Waals surface area contributed by atoms with Crippen LogP contribution in [0, 0.1) is 0 Å². The maximum Gasteiger partial charge on any atom is 0.315 e. The molecule has 0 spiro atoms. The van der Waals surface area contributed by atoms with E-state index < -0.39 is 0 Å². The standard InChI is InChI=1S/C17H26N2O3/c1-3-17(2,8-10-20)19-16(21)18-9-6-13-4-5-15-14(12-13)7-11-22-15/h4-5,12,20H,3,6-11H2,1-2H3,(H2,18,19,21). The van der Waals surface area contributed by atoms with Gasteiger partial charge < -0.3 is 20.5 Å². The molecule has 5 heteroatoms. The van der Waals surface area contributed by atoms with Gasteiger partial charge in [-0.25, -0.2) is 4.79 Å². The molecule has 1 aliphatic heterocycles. The monoisotopic (exact) mass is 306 g/mol. The highest BCUT2D eigenvalue weighted by Gasteiger charge is 2.23. The van der Waals surface area contributed by atoms with Crippen molar-refractivity contribution in [3.05, 3.63) is 29.3 Å². The number of ether oxygens (including phenoxy) is 1. The number of hydrogen-bond acceptors (Lipinski definition) is 3. The Labute approximate surface area is 132 Å². The van der Waals surface area contributed by atoms with Crippen LogP contribution in [-0.4, -0.2) is 36.4 Å². The van der Waals surface area contributed by atoms with Gasteiger partial charge in [-0.15, -0.1) is 0 Å². The summed E-state index contributed by atoms with van der Waals surface area (Å²) >= 11 is 0. The second-order valence-electron chi connectivity index (χ2n) is 6.06. The van der Waals surface area contributed by atoms with Gasteiger partial charge in [-0.3, -0.25) is 0 Å². The topological polar surface area (TPSA) is 70.6 Å². The van der Waals surface area contributed by atoms with Crippen molar-refractivity contribution in [1.29, 1.82) is 0 Å². The SMILES string of the molecule is CCC(C)(CCO)NC(=O)NCCc1ccc2c(c1)CCO2. The van der Waals surface area contributed by atoms with Gasteiger partial charge in [-0.1, -0.05) is 19.1 Å². The fourth-order valence-electron chi connectivity index (χ4n) is 2.61. The smallest absolute Gasteiger partial charge is 0.315 e. The van der Waals surface area contributed by atoms with E-state index in [2.05, 4.69) is 16.7 Å². The molecule has 3 N–H and O–H groups in total. The number of amides is 2. The maximum absolute atomic E-state index is 11.9. The second-order valence-corrected chi connectivity index (χ2v) is 6.06. The number of fused-ring (bicyclic) bond motifs is 1. The van der Waals surface area contributed by atoms with Crippen molar-refractivity contribution in [3.8, 4) is 5.75 Å². The van der Waals surface area contributed by atoms with Crippen LogP contribution in [0.5, 0.6) is 5.75 Å². The lowest BCUT2D eigenvalue weighted by atomic mass is 9.95. The van der Waals surface area contributed by atoms with Crippen LogP contribution in [0.3, 0.4) is 0 Å². The molecule has 1 heterocycles. The summed E-state index contributed by atoms with van der Waals surface area (Å²) in [4.78, 5) is 11.9. The predicted octanol–water partition coefficient (Wildman–Crippen LogP) is 2.01. The number of aliphatic hydroxyl groups is 1. The Morgan fingerprint density at radius 2 is 2.27 bits per heavy atom. The molecule has 0 aromatic heterocycles. The Morgan fingerprint density at radius 3 is 3.00 bits per heavy atom. The second kappa shape index (κ2) is 7.49. The van der Waals surface area contributed by atoms with Gasteiger partial charge in [0.2, 0.25) is 0 Å². The van der Waals surface area contributed by atoms with Gasteiger partial charge in [0.05, 0.1) is 6.61 Å². The Hall–Kier alpha value is -1.75. The van der Waals surface area contributed by atoms with Crippen LogP contribution >= 0.6 is 0 Å². The lowest BCUT2D eigenvalue weighted by molar-refractivity contribution is 0.201. The number of rotatable bonds is 7. The number of hydrogen-bond donors (Lipinski definition) is 3. The van der Waals surface area contributed by atoms with Crippen LogP contribution in [0.25, 0.3) is 0 Å². The van der Waals surface area contributed by atoms with Crippen LogP contribution < -0.4 is 15.4 Å². The fraction of sp³-hybridized carbons (Fsp3) is 0.588. The van der Waals surface area contributed by atoms with Gasteiger partial charge in [0.1, 0.15) is 5.75 Å². The molecule has 0 aliphatic carbocycles. The molecule has 1 atom stereocenters. The van der Waals surface area contributed by atoms with Gasteiger partial charge in [0.25, 0.3) is 0 Å². The number of aliphatic hydroxyl groups excluding tert-OH is 1. The van der Waals surface area contributed by atoms with Crippen molar-refractivity contribution in [2.24, 2.45) is 0 Å². The van der Waals surface area contributed by atoms with Gasteiger partial charge in [-0.05, 0) is 43.4 Å². The third kappa shape index (κ3) is 4.37. The summed E-state index contributed by atoms with van der Waals surface area (Å²) < 4.78 is 5.49. The Kier molecular flexibility index (Phi) is 5.66. The molecule has 122 valence electrons. The fourth-order valence-corrected chi connectivity index (χ4v) is 2.61. The number of urea groups is 1. The van der Waals surface area contributed by atoms with E-state index in [4.69, 9.17) is 9.84 Å². The quantitative estimate of drug-likeness (QED) is 0.722. The minimum Gasteiger partial charge on any atom is -0.493 e. The molecule has 1 aromatic carbocycles. The normalized spacial score (nSPS) is 15.6. The summed E-state index contributed by atoms with van der Waals surface area (Å²) in [7, 11) is 0. The van der Waals surface area contributed by atoms with Crippen LogP contribution in [0.15, 0.2) is 18.2 Å². The van der Waals surface area contributed by atoms with Crippen molar-refractivity contribution >= 4 is 6.03 Å². The molecule has 22 heavy (non-hydrogen) atoms. The third-order valence-electron chi connectivity index (χ3n) is 4.31. The minimum absolute atomic E-state index is 0.0712. The highest BCUT2D eigenvalue weighted by atomic mass is 16.5. The zero-order valence-electron chi connectivity index (χ0n) is 13.4. The molecule has 1 aromatic rings. The van der Waals surface area contributed by atoms with Gasteiger partial charge >= 0.3 is 6.03 Å². The van der Waals surface area contributed by atoms with E-state index in [1.165, 1.54) is 11.1 Å². The molecule has 0 saturated heterocycles.